The van der Waals surface area contributed by atoms with Crippen molar-refractivity contribution < 1.29 is 0 Å². The van der Waals surface area contributed by atoms with Crippen LogP contribution in [0, 0.1) is 0 Å². The molecular weight excluding hydrogens is 184 g/mol. The smallest absolute Gasteiger partial charge is 0.0449 e. The van der Waals surface area contributed by atoms with Gasteiger partial charge in [0.25, 0.3) is 0 Å². The van der Waals surface area contributed by atoms with E-state index in [1.807, 2.05) is 0 Å². The molecule has 1 atom stereocenters. The van der Waals surface area contributed by atoms with Crippen molar-refractivity contribution in [2.45, 2.75) is 18.9 Å². The molecule has 1 saturated heterocycles. The van der Waals surface area contributed by atoms with Crippen LogP contribution in [0.1, 0.15) is 24.4 Å². The second-order valence-electron chi connectivity index (χ2n) is 4.39. The van der Waals surface area contributed by atoms with Crippen molar-refractivity contribution in [1.82, 2.24) is 10.2 Å². The van der Waals surface area contributed by atoms with Crippen molar-refractivity contribution in [2.24, 2.45) is 0 Å². The van der Waals surface area contributed by atoms with Crippen LogP contribution in [0.3, 0.4) is 0 Å². The Morgan fingerprint density at radius 3 is 2.80 bits per heavy atom. The van der Waals surface area contributed by atoms with Crippen molar-refractivity contribution in [3.8, 4) is 0 Å². The van der Waals surface area contributed by atoms with Gasteiger partial charge in [0.15, 0.2) is 0 Å². The molecule has 1 unspecified atom stereocenters. The SMILES string of the molecule is CN1CCCCNC(c2ccccc2)C1. The number of nitrogens with one attached hydrogen (secondary N) is 1. The molecule has 1 aromatic rings. The van der Waals surface area contributed by atoms with Gasteiger partial charge in [-0.15, -0.1) is 0 Å². The summed E-state index contributed by atoms with van der Waals surface area (Å²) >= 11 is 0. The van der Waals surface area contributed by atoms with Crippen LogP contribution in [-0.2, 0) is 0 Å². The molecule has 0 radical (unpaired) electrons. The van der Waals surface area contributed by atoms with Gasteiger partial charge >= 0.3 is 0 Å². The van der Waals surface area contributed by atoms with Crippen LogP contribution < -0.4 is 5.32 Å². The van der Waals surface area contributed by atoms with Gasteiger partial charge in [-0.3, -0.25) is 0 Å². The zero-order valence-electron chi connectivity index (χ0n) is 9.45. The van der Waals surface area contributed by atoms with Gasteiger partial charge < -0.3 is 10.2 Å². The summed E-state index contributed by atoms with van der Waals surface area (Å²) in [5.74, 6) is 0. The first-order chi connectivity index (χ1) is 7.36. The average molecular weight is 204 g/mol. The number of likely N-dealkylation sites (N-methyl/N-ethyl adjacent to an activating group) is 1. The monoisotopic (exact) mass is 204 g/mol. The van der Waals surface area contributed by atoms with Gasteiger partial charge in [0.05, 0.1) is 0 Å². The van der Waals surface area contributed by atoms with E-state index in [-0.39, 0.29) is 0 Å². The fraction of sp³-hybridized carbons (Fsp3) is 0.538. The van der Waals surface area contributed by atoms with Gasteiger partial charge in [-0.05, 0) is 38.5 Å². The van der Waals surface area contributed by atoms with Crippen molar-refractivity contribution >= 4 is 0 Å². The van der Waals surface area contributed by atoms with Crippen LogP contribution in [0.5, 0.6) is 0 Å². The summed E-state index contributed by atoms with van der Waals surface area (Å²) in [6.07, 6.45) is 2.60. The highest BCUT2D eigenvalue weighted by Gasteiger charge is 2.14. The van der Waals surface area contributed by atoms with E-state index in [2.05, 4.69) is 47.6 Å². The lowest BCUT2D eigenvalue weighted by Crippen LogP contribution is -2.36. The van der Waals surface area contributed by atoms with Gasteiger partial charge in [0.2, 0.25) is 0 Å². The maximum Gasteiger partial charge on any atom is 0.0449 e. The topological polar surface area (TPSA) is 15.3 Å². The molecule has 1 aliphatic rings. The molecule has 0 amide bonds. The maximum absolute atomic E-state index is 3.63. The Balaban J connectivity index is 2.05. The number of rotatable bonds is 1. The lowest BCUT2D eigenvalue weighted by Gasteiger charge is -2.28. The summed E-state index contributed by atoms with van der Waals surface area (Å²) in [4.78, 5) is 2.42. The number of hydrogen-bond acceptors (Lipinski definition) is 2. The molecule has 1 aromatic carbocycles. The molecule has 0 bridgehead atoms. The van der Waals surface area contributed by atoms with Crippen LogP contribution in [0.4, 0.5) is 0 Å². The Kier molecular flexibility index (Phi) is 3.75. The van der Waals surface area contributed by atoms with E-state index < -0.39 is 0 Å². The zero-order chi connectivity index (χ0) is 10.5. The molecule has 1 heterocycles. The highest BCUT2D eigenvalue weighted by Crippen LogP contribution is 2.15. The minimum Gasteiger partial charge on any atom is -0.309 e. The Bertz CT molecular complexity index is 284. The van der Waals surface area contributed by atoms with Crippen LogP contribution in [-0.4, -0.2) is 31.6 Å². The van der Waals surface area contributed by atoms with E-state index in [1.54, 1.807) is 0 Å². The number of hydrogen-bond donors (Lipinski definition) is 1. The van der Waals surface area contributed by atoms with E-state index in [4.69, 9.17) is 0 Å². The minimum atomic E-state index is 0.497. The Morgan fingerprint density at radius 2 is 2.00 bits per heavy atom. The Hall–Kier alpha value is -0.860. The highest BCUT2D eigenvalue weighted by molar-refractivity contribution is 5.19. The average Bonchev–Trinajstić information content (AvgIpc) is 2.24. The van der Waals surface area contributed by atoms with Gasteiger partial charge in [0.1, 0.15) is 0 Å². The van der Waals surface area contributed by atoms with Crippen LogP contribution in [0.25, 0.3) is 0 Å². The first-order valence-corrected chi connectivity index (χ1v) is 5.83. The summed E-state index contributed by atoms with van der Waals surface area (Å²) < 4.78 is 0. The van der Waals surface area contributed by atoms with Crippen LogP contribution >= 0.6 is 0 Å². The first-order valence-electron chi connectivity index (χ1n) is 5.83. The van der Waals surface area contributed by atoms with Gasteiger partial charge in [-0.1, -0.05) is 30.3 Å². The van der Waals surface area contributed by atoms with Crippen molar-refractivity contribution in [2.75, 3.05) is 26.7 Å². The van der Waals surface area contributed by atoms with Crippen molar-refractivity contribution in [3.05, 3.63) is 35.9 Å². The summed E-state index contributed by atoms with van der Waals surface area (Å²) in [5.41, 5.74) is 1.41. The molecule has 0 aliphatic carbocycles. The third kappa shape index (κ3) is 3.05. The second kappa shape index (κ2) is 5.29. The number of nitrogens with zero attached hydrogens (tertiary/aromatic N) is 1. The fourth-order valence-electron chi connectivity index (χ4n) is 2.16. The molecule has 1 fully saturated rings. The molecule has 1 N–H and O–H groups in total. The normalized spacial score (nSPS) is 24.5. The molecule has 15 heavy (non-hydrogen) atoms. The van der Waals surface area contributed by atoms with E-state index >= 15 is 0 Å². The van der Waals surface area contributed by atoms with Crippen molar-refractivity contribution in [1.29, 1.82) is 0 Å². The highest BCUT2D eigenvalue weighted by atomic mass is 15.1. The van der Waals surface area contributed by atoms with E-state index in [9.17, 15) is 0 Å². The van der Waals surface area contributed by atoms with E-state index in [0.29, 0.717) is 6.04 Å². The largest absolute Gasteiger partial charge is 0.309 e. The summed E-state index contributed by atoms with van der Waals surface area (Å²) in [7, 11) is 2.21. The standard InChI is InChI=1S/C13H20N2/c1-15-10-6-5-9-14-13(11-15)12-7-3-2-4-8-12/h2-4,7-8,13-14H,5-6,9-11H2,1H3. The lowest BCUT2D eigenvalue weighted by atomic mass is 10.1. The minimum absolute atomic E-state index is 0.497. The Morgan fingerprint density at radius 1 is 1.20 bits per heavy atom. The Labute approximate surface area is 92.3 Å². The molecule has 0 saturated carbocycles. The predicted octanol–water partition coefficient (Wildman–Crippen LogP) is 2.04. The zero-order valence-corrected chi connectivity index (χ0v) is 9.45. The van der Waals surface area contributed by atoms with E-state index in [1.165, 1.54) is 24.9 Å². The molecule has 1 aliphatic heterocycles. The van der Waals surface area contributed by atoms with Gasteiger partial charge in [-0.25, -0.2) is 0 Å². The maximum atomic E-state index is 3.63. The lowest BCUT2D eigenvalue weighted by molar-refractivity contribution is 0.264. The van der Waals surface area contributed by atoms with E-state index in [0.717, 1.165) is 13.1 Å². The predicted molar refractivity (Wildman–Crippen MR) is 63.9 cm³/mol. The molecule has 82 valence electrons. The molecule has 2 rings (SSSR count). The molecular formula is C13H20N2. The quantitative estimate of drug-likeness (QED) is 0.753. The van der Waals surface area contributed by atoms with Crippen LogP contribution in [0.2, 0.25) is 0 Å². The molecule has 2 heteroatoms. The molecule has 0 spiro atoms. The van der Waals surface area contributed by atoms with Crippen molar-refractivity contribution in [3.63, 3.8) is 0 Å². The summed E-state index contributed by atoms with van der Waals surface area (Å²) in [6.45, 7) is 3.49. The van der Waals surface area contributed by atoms with Crippen LogP contribution in [0.15, 0.2) is 30.3 Å². The fourth-order valence-corrected chi connectivity index (χ4v) is 2.16. The number of benzene rings is 1. The molecule has 0 aromatic heterocycles. The summed E-state index contributed by atoms with van der Waals surface area (Å²) in [6, 6.07) is 11.2. The van der Waals surface area contributed by atoms with Gasteiger partial charge in [0, 0.05) is 12.6 Å². The summed E-state index contributed by atoms with van der Waals surface area (Å²) in [5, 5.41) is 3.63. The second-order valence-corrected chi connectivity index (χ2v) is 4.39. The van der Waals surface area contributed by atoms with Gasteiger partial charge in [-0.2, -0.15) is 0 Å². The third-order valence-corrected chi connectivity index (χ3v) is 3.05. The molecule has 2 nitrogen and oxygen atoms in total. The first kappa shape index (κ1) is 10.7. The third-order valence-electron chi connectivity index (χ3n) is 3.05.